The van der Waals surface area contributed by atoms with Crippen LogP contribution in [0.25, 0.3) is 0 Å². The fourth-order valence-corrected chi connectivity index (χ4v) is 3.22. The molecule has 2 aromatic rings. The van der Waals surface area contributed by atoms with E-state index in [4.69, 9.17) is 0 Å². The van der Waals surface area contributed by atoms with Crippen LogP contribution in [0.1, 0.15) is 34.7 Å². The molecule has 0 aliphatic carbocycles. The van der Waals surface area contributed by atoms with E-state index in [0.29, 0.717) is 6.54 Å². The van der Waals surface area contributed by atoms with E-state index in [1.54, 1.807) is 0 Å². The molecule has 23 heavy (non-hydrogen) atoms. The van der Waals surface area contributed by atoms with E-state index in [1.165, 1.54) is 27.8 Å². The van der Waals surface area contributed by atoms with Crippen molar-refractivity contribution in [3.63, 3.8) is 0 Å². The second kappa shape index (κ2) is 6.55. The second-order valence-corrected chi connectivity index (χ2v) is 6.41. The quantitative estimate of drug-likeness (QED) is 0.931. The minimum Gasteiger partial charge on any atom is -0.325 e. The Morgan fingerprint density at radius 1 is 1.09 bits per heavy atom. The van der Waals surface area contributed by atoms with Gasteiger partial charge in [0.25, 0.3) is 0 Å². The van der Waals surface area contributed by atoms with E-state index in [1.807, 2.05) is 18.2 Å². The molecule has 1 heterocycles. The lowest BCUT2D eigenvalue weighted by Crippen LogP contribution is -2.29. The maximum atomic E-state index is 12.4. The average Bonchev–Trinajstić information content (AvgIpc) is 2.89. The number of benzene rings is 2. The number of nitrogens with one attached hydrogen (secondary N) is 1. The SMILES string of the molecule is CCc1ccccc1NC(=O)CN1Cc2cc(C)c(C)cc2C1. The van der Waals surface area contributed by atoms with Gasteiger partial charge in [-0.3, -0.25) is 9.69 Å². The van der Waals surface area contributed by atoms with E-state index in [0.717, 1.165) is 25.2 Å². The molecule has 3 rings (SSSR count). The largest absolute Gasteiger partial charge is 0.325 e. The maximum absolute atomic E-state index is 12.4. The Kier molecular flexibility index (Phi) is 4.49. The Morgan fingerprint density at radius 2 is 1.70 bits per heavy atom. The van der Waals surface area contributed by atoms with Crippen molar-refractivity contribution in [2.24, 2.45) is 0 Å². The molecule has 1 aliphatic rings. The summed E-state index contributed by atoms with van der Waals surface area (Å²) in [6.45, 7) is 8.55. The minimum absolute atomic E-state index is 0.0622. The highest BCUT2D eigenvalue weighted by atomic mass is 16.2. The molecule has 0 atom stereocenters. The first-order chi connectivity index (χ1) is 11.1. The highest BCUT2D eigenvalue weighted by Gasteiger charge is 2.21. The van der Waals surface area contributed by atoms with Crippen LogP contribution >= 0.6 is 0 Å². The highest BCUT2D eigenvalue weighted by molar-refractivity contribution is 5.93. The molecule has 0 fully saturated rings. The van der Waals surface area contributed by atoms with Crippen LogP contribution in [-0.4, -0.2) is 17.4 Å². The van der Waals surface area contributed by atoms with Crippen LogP contribution in [0.5, 0.6) is 0 Å². The zero-order chi connectivity index (χ0) is 16.4. The van der Waals surface area contributed by atoms with E-state index < -0.39 is 0 Å². The van der Waals surface area contributed by atoms with Gasteiger partial charge in [0.1, 0.15) is 0 Å². The second-order valence-electron chi connectivity index (χ2n) is 6.41. The van der Waals surface area contributed by atoms with Crippen molar-refractivity contribution < 1.29 is 4.79 Å². The first kappa shape index (κ1) is 15.8. The molecule has 1 aliphatic heterocycles. The first-order valence-electron chi connectivity index (χ1n) is 8.26. The molecule has 0 spiro atoms. The van der Waals surface area contributed by atoms with Crippen molar-refractivity contribution >= 4 is 11.6 Å². The molecule has 0 bridgehead atoms. The highest BCUT2D eigenvalue weighted by Crippen LogP contribution is 2.25. The lowest BCUT2D eigenvalue weighted by atomic mass is 10.0. The normalized spacial score (nSPS) is 13.9. The van der Waals surface area contributed by atoms with Crippen molar-refractivity contribution in [1.82, 2.24) is 4.90 Å². The van der Waals surface area contributed by atoms with Gasteiger partial charge in [0, 0.05) is 18.8 Å². The number of carbonyl (C=O) groups is 1. The summed E-state index contributed by atoms with van der Waals surface area (Å²) in [4.78, 5) is 14.6. The molecule has 0 saturated carbocycles. The summed E-state index contributed by atoms with van der Waals surface area (Å²) in [5.74, 6) is 0.0622. The van der Waals surface area contributed by atoms with Crippen LogP contribution in [0.15, 0.2) is 36.4 Å². The Hall–Kier alpha value is -2.13. The van der Waals surface area contributed by atoms with Gasteiger partial charge < -0.3 is 5.32 Å². The molecule has 0 unspecified atom stereocenters. The summed E-state index contributed by atoms with van der Waals surface area (Å²) in [5, 5.41) is 3.06. The summed E-state index contributed by atoms with van der Waals surface area (Å²) in [7, 11) is 0. The number of hydrogen-bond acceptors (Lipinski definition) is 2. The van der Waals surface area contributed by atoms with Gasteiger partial charge in [0.05, 0.1) is 6.54 Å². The minimum atomic E-state index is 0.0622. The van der Waals surface area contributed by atoms with E-state index in [-0.39, 0.29) is 5.91 Å². The summed E-state index contributed by atoms with van der Waals surface area (Å²) in [6.07, 6.45) is 0.921. The summed E-state index contributed by atoms with van der Waals surface area (Å²) >= 11 is 0. The van der Waals surface area contributed by atoms with Crippen LogP contribution < -0.4 is 5.32 Å². The number of amides is 1. The van der Waals surface area contributed by atoms with Crippen molar-refractivity contribution in [3.8, 4) is 0 Å². The molecule has 1 N–H and O–H groups in total. The summed E-state index contributed by atoms with van der Waals surface area (Å²) in [6, 6.07) is 12.5. The van der Waals surface area contributed by atoms with Crippen molar-refractivity contribution in [3.05, 3.63) is 64.2 Å². The molecule has 3 heteroatoms. The number of fused-ring (bicyclic) bond motifs is 1. The molecule has 2 aromatic carbocycles. The molecular weight excluding hydrogens is 284 g/mol. The number of hydrogen-bond donors (Lipinski definition) is 1. The fraction of sp³-hybridized carbons (Fsp3) is 0.350. The van der Waals surface area contributed by atoms with Gasteiger partial charge in [-0.1, -0.05) is 37.3 Å². The number of rotatable bonds is 4. The van der Waals surface area contributed by atoms with Crippen LogP contribution in [0, 0.1) is 13.8 Å². The lowest BCUT2D eigenvalue weighted by Gasteiger charge is -2.15. The summed E-state index contributed by atoms with van der Waals surface area (Å²) < 4.78 is 0. The standard InChI is InChI=1S/C20H24N2O/c1-4-16-7-5-6-8-19(16)21-20(23)13-22-11-17-9-14(2)15(3)10-18(17)12-22/h5-10H,4,11-13H2,1-3H3,(H,21,23). The number of aryl methyl sites for hydroxylation is 3. The third-order valence-electron chi connectivity index (χ3n) is 4.64. The van der Waals surface area contributed by atoms with Gasteiger partial charge in [-0.2, -0.15) is 0 Å². The number of anilines is 1. The third-order valence-corrected chi connectivity index (χ3v) is 4.64. The maximum Gasteiger partial charge on any atom is 0.238 e. The lowest BCUT2D eigenvalue weighted by molar-refractivity contribution is -0.117. The van der Waals surface area contributed by atoms with E-state index >= 15 is 0 Å². The Morgan fingerprint density at radius 3 is 2.30 bits per heavy atom. The topological polar surface area (TPSA) is 32.3 Å². The predicted octanol–water partition coefficient (Wildman–Crippen LogP) is 3.82. The van der Waals surface area contributed by atoms with Crippen molar-refractivity contribution in [2.45, 2.75) is 40.3 Å². The van der Waals surface area contributed by atoms with Gasteiger partial charge in [0.15, 0.2) is 0 Å². The molecule has 0 radical (unpaired) electrons. The van der Waals surface area contributed by atoms with Crippen molar-refractivity contribution in [1.29, 1.82) is 0 Å². The van der Waals surface area contributed by atoms with E-state index in [9.17, 15) is 4.79 Å². The predicted molar refractivity (Wildman–Crippen MR) is 94.5 cm³/mol. The monoisotopic (exact) mass is 308 g/mol. The van der Waals surface area contributed by atoms with Gasteiger partial charge in [-0.15, -0.1) is 0 Å². The zero-order valence-electron chi connectivity index (χ0n) is 14.1. The van der Waals surface area contributed by atoms with Gasteiger partial charge in [-0.05, 0) is 54.2 Å². The molecule has 1 amide bonds. The molecular formula is C20H24N2O. The van der Waals surface area contributed by atoms with Gasteiger partial charge in [-0.25, -0.2) is 0 Å². The molecule has 0 aromatic heterocycles. The van der Waals surface area contributed by atoms with Gasteiger partial charge >= 0.3 is 0 Å². The van der Waals surface area contributed by atoms with Crippen LogP contribution in [0.2, 0.25) is 0 Å². The van der Waals surface area contributed by atoms with Crippen LogP contribution in [0.4, 0.5) is 5.69 Å². The Bertz CT molecular complexity index is 705. The van der Waals surface area contributed by atoms with Crippen LogP contribution in [0.3, 0.4) is 0 Å². The molecule has 120 valence electrons. The number of carbonyl (C=O) groups excluding carboxylic acids is 1. The number of nitrogens with zero attached hydrogens (tertiary/aromatic N) is 1. The first-order valence-corrected chi connectivity index (χ1v) is 8.26. The smallest absolute Gasteiger partial charge is 0.238 e. The Labute approximate surface area is 138 Å². The Balaban J connectivity index is 1.64. The van der Waals surface area contributed by atoms with Crippen LogP contribution in [-0.2, 0) is 24.3 Å². The molecule has 3 nitrogen and oxygen atoms in total. The van der Waals surface area contributed by atoms with Crippen molar-refractivity contribution in [2.75, 3.05) is 11.9 Å². The van der Waals surface area contributed by atoms with Gasteiger partial charge in [0.2, 0.25) is 5.91 Å². The zero-order valence-corrected chi connectivity index (χ0v) is 14.1. The average molecular weight is 308 g/mol. The third kappa shape index (κ3) is 3.45. The number of para-hydroxylation sites is 1. The van der Waals surface area contributed by atoms with E-state index in [2.05, 4.69) is 49.2 Å². The summed E-state index contributed by atoms with van der Waals surface area (Å²) in [5.41, 5.74) is 7.48. The fourth-order valence-electron chi connectivity index (χ4n) is 3.22. The molecule has 0 saturated heterocycles.